The first kappa shape index (κ1) is 15.9. The zero-order valence-electron chi connectivity index (χ0n) is 12.2. The second-order valence-corrected chi connectivity index (χ2v) is 4.73. The molecule has 0 bridgehead atoms. The number of aromatic nitrogens is 1. The van der Waals surface area contributed by atoms with E-state index in [0.29, 0.717) is 5.76 Å². The van der Waals surface area contributed by atoms with Gasteiger partial charge in [0.15, 0.2) is 5.76 Å². The Hall–Kier alpha value is -2.44. The Morgan fingerprint density at radius 2 is 2.09 bits per heavy atom. The average molecular weight is 309 g/mol. The molecule has 0 saturated heterocycles. The lowest BCUT2D eigenvalue weighted by molar-refractivity contribution is 0.239. The number of amides is 2. The molecule has 2 rings (SSSR count). The number of rotatable bonds is 6. The lowest BCUT2D eigenvalue weighted by Crippen LogP contribution is -2.36. The summed E-state index contributed by atoms with van der Waals surface area (Å²) in [5, 5.41) is 8.97. The summed E-state index contributed by atoms with van der Waals surface area (Å²) in [7, 11) is 0. The third kappa shape index (κ3) is 4.54. The van der Waals surface area contributed by atoms with Gasteiger partial charge < -0.3 is 15.2 Å². The molecule has 1 aromatic heterocycles. The molecule has 0 unspecified atom stereocenters. The van der Waals surface area contributed by atoms with Crippen LogP contribution in [-0.4, -0.2) is 17.7 Å². The van der Waals surface area contributed by atoms with E-state index in [-0.39, 0.29) is 25.1 Å². The number of urea groups is 1. The molecule has 0 saturated carbocycles. The van der Waals surface area contributed by atoms with Crippen LogP contribution in [0.5, 0.6) is 0 Å². The van der Waals surface area contributed by atoms with Crippen molar-refractivity contribution in [3.05, 3.63) is 52.9 Å². The molecule has 7 heteroatoms. The lowest BCUT2D eigenvalue weighted by atomic mass is 10.1. The number of carbonyl (C=O) groups excluding carboxylic acids is 1. The Morgan fingerprint density at radius 1 is 1.27 bits per heavy atom. The number of carbonyl (C=O) groups is 1. The molecule has 118 valence electrons. The fourth-order valence-corrected chi connectivity index (χ4v) is 1.88. The zero-order valence-corrected chi connectivity index (χ0v) is 12.2. The number of hydrogen-bond donors (Lipinski definition) is 2. The van der Waals surface area contributed by atoms with Gasteiger partial charge in [-0.1, -0.05) is 12.1 Å². The fraction of sp³-hybridized carbons (Fsp3) is 0.333. The summed E-state index contributed by atoms with van der Waals surface area (Å²) in [4.78, 5) is 11.6. The van der Waals surface area contributed by atoms with E-state index in [2.05, 4.69) is 15.8 Å². The maximum atomic E-state index is 13.4. The molecule has 5 nitrogen and oxygen atoms in total. The maximum Gasteiger partial charge on any atom is 0.315 e. The third-order valence-corrected chi connectivity index (χ3v) is 3.08. The van der Waals surface area contributed by atoms with Gasteiger partial charge >= 0.3 is 6.03 Å². The lowest BCUT2D eigenvalue weighted by Gasteiger charge is -2.07. The summed E-state index contributed by atoms with van der Waals surface area (Å²) >= 11 is 0. The molecule has 0 fully saturated rings. The quantitative estimate of drug-likeness (QED) is 0.862. The second kappa shape index (κ2) is 7.53. The summed E-state index contributed by atoms with van der Waals surface area (Å²) in [6, 6.07) is 4.60. The highest BCUT2D eigenvalue weighted by molar-refractivity contribution is 5.73. The van der Waals surface area contributed by atoms with Crippen LogP contribution in [-0.2, 0) is 19.4 Å². The maximum absolute atomic E-state index is 13.4. The first-order valence-electron chi connectivity index (χ1n) is 6.98. The Bertz CT molecular complexity index is 643. The Labute approximate surface area is 126 Å². The second-order valence-electron chi connectivity index (χ2n) is 4.73. The van der Waals surface area contributed by atoms with Crippen molar-refractivity contribution in [1.82, 2.24) is 15.8 Å². The van der Waals surface area contributed by atoms with Gasteiger partial charge in [0, 0.05) is 12.6 Å². The van der Waals surface area contributed by atoms with Crippen molar-refractivity contribution in [2.75, 3.05) is 6.54 Å². The van der Waals surface area contributed by atoms with Crippen molar-refractivity contribution in [1.29, 1.82) is 0 Å². The number of hydrogen-bond acceptors (Lipinski definition) is 3. The number of aryl methyl sites for hydroxylation is 1. The Kier molecular flexibility index (Phi) is 5.46. The van der Waals surface area contributed by atoms with Crippen molar-refractivity contribution >= 4 is 6.03 Å². The monoisotopic (exact) mass is 309 g/mol. The van der Waals surface area contributed by atoms with Crippen LogP contribution in [0.4, 0.5) is 13.6 Å². The normalized spacial score (nSPS) is 10.5. The van der Waals surface area contributed by atoms with E-state index in [9.17, 15) is 13.6 Å². The van der Waals surface area contributed by atoms with E-state index in [1.165, 1.54) is 0 Å². The van der Waals surface area contributed by atoms with Gasteiger partial charge in [-0.25, -0.2) is 13.6 Å². The number of halogens is 2. The SMILES string of the molecule is CCc1cc(CNC(=O)NCCc2cc(F)ccc2F)on1. The Balaban J connectivity index is 1.72. The van der Waals surface area contributed by atoms with Crippen molar-refractivity contribution in [3.63, 3.8) is 0 Å². The first-order chi connectivity index (χ1) is 10.6. The van der Waals surface area contributed by atoms with Crippen LogP contribution in [0.15, 0.2) is 28.8 Å². The van der Waals surface area contributed by atoms with Gasteiger partial charge in [-0.2, -0.15) is 0 Å². The average Bonchev–Trinajstić information content (AvgIpc) is 2.97. The number of nitrogens with zero attached hydrogens (tertiary/aromatic N) is 1. The van der Waals surface area contributed by atoms with Gasteiger partial charge in [0.05, 0.1) is 12.2 Å². The van der Waals surface area contributed by atoms with Crippen LogP contribution in [0.2, 0.25) is 0 Å². The zero-order chi connectivity index (χ0) is 15.9. The van der Waals surface area contributed by atoms with E-state index in [4.69, 9.17) is 4.52 Å². The molecular formula is C15H17F2N3O2. The van der Waals surface area contributed by atoms with Gasteiger partial charge in [-0.3, -0.25) is 0 Å². The number of nitrogens with one attached hydrogen (secondary N) is 2. The minimum Gasteiger partial charge on any atom is -0.359 e. The summed E-state index contributed by atoms with van der Waals surface area (Å²) in [5.41, 5.74) is 1.04. The Morgan fingerprint density at radius 3 is 2.82 bits per heavy atom. The smallest absolute Gasteiger partial charge is 0.315 e. The first-order valence-corrected chi connectivity index (χ1v) is 6.98. The number of benzene rings is 1. The molecule has 22 heavy (non-hydrogen) atoms. The standard InChI is InChI=1S/C15H17F2N3O2/c1-2-12-8-13(22-20-12)9-19-15(21)18-6-5-10-7-11(16)3-4-14(10)17/h3-4,7-8H,2,5-6,9H2,1H3,(H2,18,19,21). The predicted octanol–water partition coefficient (Wildman–Crippen LogP) is 2.56. The van der Waals surface area contributed by atoms with E-state index < -0.39 is 17.7 Å². The van der Waals surface area contributed by atoms with Crippen molar-refractivity contribution in [3.8, 4) is 0 Å². The summed E-state index contributed by atoms with van der Waals surface area (Å²) in [6.07, 6.45) is 0.966. The van der Waals surface area contributed by atoms with E-state index in [0.717, 1.165) is 30.3 Å². The molecule has 0 aliphatic carbocycles. The van der Waals surface area contributed by atoms with Crippen LogP contribution < -0.4 is 10.6 Å². The molecule has 0 radical (unpaired) electrons. The van der Waals surface area contributed by atoms with E-state index in [1.54, 1.807) is 6.07 Å². The van der Waals surface area contributed by atoms with Crippen LogP contribution in [0, 0.1) is 11.6 Å². The molecule has 0 spiro atoms. The highest BCUT2D eigenvalue weighted by Crippen LogP contribution is 2.09. The molecule has 0 aliphatic heterocycles. The highest BCUT2D eigenvalue weighted by atomic mass is 19.1. The van der Waals surface area contributed by atoms with E-state index >= 15 is 0 Å². The minimum atomic E-state index is -0.502. The van der Waals surface area contributed by atoms with E-state index in [1.807, 2.05) is 6.92 Å². The molecule has 0 aliphatic rings. The molecule has 1 aromatic carbocycles. The minimum absolute atomic E-state index is 0.197. The molecular weight excluding hydrogens is 292 g/mol. The van der Waals surface area contributed by atoms with Gasteiger partial charge in [0.1, 0.15) is 11.6 Å². The van der Waals surface area contributed by atoms with Crippen LogP contribution in [0.1, 0.15) is 23.9 Å². The van der Waals surface area contributed by atoms with Gasteiger partial charge in [-0.05, 0) is 36.6 Å². The molecule has 2 N–H and O–H groups in total. The van der Waals surface area contributed by atoms with Crippen LogP contribution >= 0.6 is 0 Å². The van der Waals surface area contributed by atoms with Crippen LogP contribution in [0.25, 0.3) is 0 Å². The summed E-state index contributed by atoms with van der Waals surface area (Å²) in [6.45, 7) is 2.36. The van der Waals surface area contributed by atoms with Gasteiger partial charge in [0.25, 0.3) is 0 Å². The van der Waals surface area contributed by atoms with Crippen molar-refractivity contribution < 1.29 is 18.1 Å². The predicted molar refractivity (Wildman–Crippen MR) is 76.2 cm³/mol. The van der Waals surface area contributed by atoms with Crippen molar-refractivity contribution in [2.24, 2.45) is 0 Å². The van der Waals surface area contributed by atoms with Gasteiger partial charge in [-0.15, -0.1) is 0 Å². The van der Waals surface area contributed by atoms with Crippen molar-refractivity contribution in [2.45, 2.75) is 26.3 Å². The van der Waals surface area contributed by atoms with Gasteiger partial charge in [0.2, 0.25) is 0 Å². The summed E-state index contributed by atoms with van der Waals surface area (Å²) < 4.78 is 31.4. The molecule has 2 amide bonds. The highest BCUT2D eigenvalue weighted by Gasteiger charge is 2.07. The fourth-order valence-electron chi connectivity index (χ4n) is 1.88. The topological polar surface area (TPSA) is 67.2 Å². The molecule has 1 heterocycles. The van der Waals surface area contributed by atoms with Crippen LogP contribution in [0.3, 0.4) is 0 Å². The largest absolute Gasteiger partial charge is 0.359 e. The summed E-state index contributed by atoms with van der Waals surface area (Å²) in [5.74, 6) is -0.432. The molecule has 0 atom stereocenters. The third-order valence-electron chi connectivity index (χ3n) is 3.08. The molecule has 2 aromatic rings.